The second-order valence-electron chi connectivity index (χ2n) is 7.20. The van der Waals surface area contributed by atoms with E-state index in [-0.39, 0.29) is 5.91 Å². The van der Waals surface area contributed by atoms with Gasteiger partial charge >= 0.3 is 0 Å². The van der Waals surface area contributed by atoms with Crippen LogP contribution in [0.1, 0.15) is 37.1 Å². The van der Waals surface area contributed by atoms with Crippen LogP contribution in [0.25, 0.3) is 5.65 Å². The number of hydrogen-bond acceptors (Lipinski definition) is 4. The second kappa shape index (κ2) is 8.31. The summed E-state index contributed by atoms with van der Waals surface area (Å²) >= 11 is 0. The first-order valence-electron chi connectivity index (χ1n) is 9.66. The summed E-state index contributed by atoms with van der Waals surface area (Å²) in [5, 5.41) is 14.8. The molecule has 0 bridgehead atoms. The van der Waals surface area contributed by atoms with Crippen LogP contribution in [0.5, 0.6) is 0 Å². The molecular weight excluding hydrogens is 338 g/mol. The minimum Gasteiger partial charge on any atom is -0.326 e. The molecule has 0 aliphatic carbocycles. The monoisotopic (exact) mass is 363 g/mol. The Morgan fingerprint density at radius 1 is 1.11 bits per heavy atom. The molecule has 6 nitrogen and oxygen atoms in total. The van der Waals surface area contributed by atoms with Gasteiger partial charge in [0.25, 0.3) is 0 Å². The highest BCUT2D eigenvalue weighted by Crippen LogP contribution is 2.19. The summed E-state index contributed by atoms with van der Waals surface area (Å²) in [6.07, 6.45) is 6.61. The highest BCUT2D eigenvalue weighted by molar-refractivity contribution is 5.90. The van der Waals surface area contributed by atoms with E-state index >= 15 is 0 Å². The maximum absolute atomic E-state index is 12.2. The van der Waals surface area contributed by atoms with Gasteiger partial charge in [0.15, 0.2) is 5.65 Å². The van der Waals surface area contributed by atoms with Gasteiger partial charge in [-0.15, -0.1) is 10.2 Å². The maximum Gasteiger partial charge on any atom is 0.224 e. The average molecular weight is 363 g/mol. The lowest BCUT2D eigenvalue weighted by atomic mass is 9.93. The van der Waals surface area contributed by atoms with Crippen molar-refractivity contribution in [2.45, 2.75) is 32.1 Å². The molecule has 0 unspecified atom stereocenters. The highest BCUT2D eigenvalue weighted by Gasteiger charge is 2.14. The fourth-order valence-electron chi connectivity index (χ4n) is 3.63. The van der Waals surface area contributed by atoms with Crippen molar-refractivity contribution >= 4 is 17.2 Å². The summed E-state index contributed by atoms with van der Waals surface area (Å²) in [5.41, 5.74) is 2.84. The third-order valence-electron chi connectivity index (χ3n) is 5.22. The number of aromatic nitrogens is 3. The highest BCUT2D eigenvalue weighted by atomic mass is 16.1. The standard InChI is InChI=1S/C21H25N5O/c27-21(9-6-16-10-12-22-13-11-16)23-18-7-4-17(5-8-18)15-20-25-24-19-3-1-2-14-26(19)20/h1-5,7-8,14,16,22H,6,9-13,15H2,(H,23,27). The van der Waals surface area contributed by atoms with Crippen molar-refractivity contribution in [2.24, 2.45) is 5.92 Å². The van der Waals surface area contributed by atoms with Crippen LogP contribution in [0.15, 0.2) is 48.7 Å². The molecule has 0 atom stereocenters. The number of hydrogen-bond donors (Lipinski definition) is 2. The Kier molecular flexibility index (Phi) is 5.44. The molecule has 3 aromatic rings. The van der Waals surface area contributed by atoms with Crippen LogP contribution < -0.4 is 10.6 Å². The van der Waals surface area contributed by atoms with Crippen molar-refractivity contribution in [3.05, 3.63) is 60.0 Å². The Labute approximate surface area is 159 Å². The van der Waals surface area contributed by atoms with Crippen molar-refractivity contribution in [1.82, 2.24) is 19.9 Å². The summed E-state index contributed by atoms with van der Waals surface area (Å²) in [5.74, 6) is 1.69. The molecule has 140 valence electrons. The van der Waals surface area contributed by atoms with E-state index in [1.54, 1.807) is 0 Å². The molecule has 0 spiro atoms. The molecule has 1 aliphatic heterocycles. The molecule has 0 saturated carbocycles. The maximum atomic E-state index is 12.2. The first kappa shape index (κ1) is 17.7. The minimum atomic E-state index is 0.102. The molecule has 1 saturated heterocycles. The Bertz CT molecular complexity index is 896. The van der Waals surface area contributed by atoms with E-state index in [0.717, 1.165) is 42.2 Å². The van der Waals surface area contributed by atoms with Crippen LogP contribution in [0, 0.1) is 5.92 Å². The van der Waals surface area contributed by atoms with Crippen LogP contribution in [0.2, 0.25) is 0 Å². The zero-order valence-electron chi connectivity index (χ0n) is 15.4. The number of benzene rings is 1. The predicted octanol–water partition coefficient (Wildman–Crippen LogP) is 3.04. The first-order valence-corrected chi connectivity index (χ1v) is 9.66. The second-order valence-corrected chi connectivity index (χ2v) is 7.20. The number of carbonyl (C=O) groups excluding carboxylic acids is 1. The molecule has 27 heavy (non-hydrogen) atoms. The smallest absolute Gasteiger partial charge is 0.224 e. The molecule has 1 amide bonds. The van der Waals surface area contributed by atoms with Gasteiger partial charge < -0.3 is 10.6 Å². The molecule has 3 heterocycles. The van der Waals surface area contributed by atoms with Gasteiger partial charge in [-0.2, -0.15) is 0 Å². The SMILES string of the molecule is O=C(CCC1CCNCC1)Nc1ccc(Cc2nnc3ccccn23)cc1. The van der Waals surface area contributed by atoms with Gasteiger partial charge in [0.05, 0.1) is 0 Å². The van der Waals surface area contributed by atoms with Gasteiger partial charge in [-0.3, -0.25) is 9.20 Å². The molecular formula is C21H25N5O. The molecule has 2 N–H and O–H groups in total. The van der Waals surface area contributed by atoms with Crippen LogP contribution in [-0.2, 0) is 11.2 Å². The van der Waals surface area contributed by atoms with Gasteiger partial charge in [0.2, 0.25) is 5.91 Å². The Hall–Kier alpha value is -2.73. The largest absolute Gasteiger partial charge is 0.326 e. The fraction of sp³-hybridized carbons (Fsp3) is 0.381. The third-order valence-corrected chi connectivity index (χ3v) is 5.22. The van der Waals surface area contributed by atoms with Crippen LogP contribution in [-0.4, -0.2) is 33.6 Å². The number of carbonyl (C=O) groups is 1. The van der Waals surface area contributed by atoms with E-state index in [9.17, 15) is 4.79 Å². The molecule has 4 rings (SSSR count). The Morgan fingerprint density at radius 3 is 2.74 bits per heavy atom. The molecule has 6 heteroatoms. The summed E-state index contributed by atoms with van der Waals surface area (Å²) in [6, 6.07) is 13.9. The molecule has 1 fully saturated rings. The topological polar surface area (TPSA) is 71.3 Å². The Morgan fingerprint density at radius 2 is 1.93 bits per heavy atom. The predicted molar refractivity (Wildman–Crippen MR) is 106 cm³/mol. The van der Waals surface area contributed by atoms with Crippen molar-refractivity contribution in [1.29, 1.82) is 0 Å². The van der Waals surface area contributed by atoms with Gasteiger partial charge in [0, 0.05) is 24.7 Å². The number of nitrogens with one attached hydrogen (secondary N) is 2. The van der Waals surface area contributed by atoms with Gasteiger partial charge in [-0.05, 0) is 68.1 Å². The van der Waals surface area contributed by atoms with Crippen molar-refractivity contribution < 1.29 is 4.79 Å². The van der Waals surface area contributed by atoms with Crippen molar-refractivity contribution in [2.75, 3.05) is 18.4 Å². The lowest BCUT2D eigenvalue weighted by Crippen LogP contribution is -2.28. The quantitative estimate of drug-likeness (QED) is 0.706. The van der Waals surface area contributed by atoms with Gasteiger partial charge in [-0.1, -0.05) is 18.2 Å². The zero-order chi connectivity index (χ0) is 18.5. The number of amides is 1. The number of piperidine rings is 1. The minimum absolute atomic E-state index is 0.102. The Balaban J connectivity index is 1.31. The van der Waals surface area contributed by atoms with Crippen LogP contribution >= 0.6 is 0 Å². The number of rotatable bonds is 6. The van der Waals surface area contributed by atoms with E-state index in [0.29, 0.717) is 18.8 Å². The van der Waals surface area contributed by atoms with Crippen LogP contribution in [0.3, 0.4) is 0 Å². The third kappa shape index (κ3) is 4.52. The normalized spacial score (nSPS) is 15.1. The summed E-state index contributed by atoms with van der Waals surface area (Å²) < 4.78 is 2.00. The van der Waals surface area contributed by atoms with E-state index < -0.39 is 0 Å². The van der Waals surface area contributed by atoms with E-state index in [1.165, 1.54) is 12.8 Å². The van der Waals surface area contributed by atoms with E-state index in [1.807, 2.05) is 53.1 Å². The lowest BCUT2D eigenvalue weighted by Gasteiger charge is -2.22. The zero-order valence-corrected chi connectivity index (χ0v) is 15.4. The van der Waals surface area contributed by atoms with Gasteiger partial charge in [-0.25, -0.2) is 0 Å². The first-order chi connectivity index (χ1) is 13.3. The fourth-order valence-corrected chi connectivity index (χ4v) is 3.63. The average Bonchev–Trinajstić information content (AvgIpc) is 3.12. The van der Waals surface area contributed by atoms with E-state index in [2.05, 4.69) is 20.8 Å². The van der Waals surface area contributed by atoms with Crippen molar-refractivity contribution in [3.8, 4) is 0 Å². The molecule has 2 aromatic heterocycles. The van der Waals surface area contributed by atoms with Gasteiger partial charge in [0.1, 0.15) is 5.82 Å². The lowest BCUT2D eigenvalue weighted by molar-refractivity contribution is -0.116. The number of pyridine rings is 1. The molecule has 1 aliphatic rings. The summed E-state index contributed by atoms with van der Waals surface area (Å²) in [4.78, 5) is 12.2. The van der Waals surface area contributed by atoms with Crippen molar-refractivity contribution in [3.63, 3.8) is 0 Å². The number of nitrogens with zero attached hydrogens (tertiary/aromatic N) is 3. The number of anilines is 1. The number of fused-ring (bicyclic) bond motifs is 1. The summed E-state index contributed by atoms with van der Waals surface area (Å²) in [7, 11) is 0. The molecule has 0 radical (unpaired) electrons. The molecule has 1 aromatic carbocycles. The summed E-state index contributed by atoms with van der Waals surface area (Å²) in [6.45, 7) is 2.16. The van der Waals surface area contributed by atoms with Crippen LogP contribution in [0.4, 0.5) is 5.69 Å². The van der Waals surface area contributed by atoms with E-state index in [4.69, 9.17) is 0 Å².